The number of anilines is 1. The van der Waals surface area contributed by atoms with Crippen molar-refractivity contribution in [2.75, 3.05) is 11.9 Å². The Labute approximate surface area is 104 Å². The number of hydrogen-bond acceptors (Lipinski definition) is 3. The summed E-state index contributed by atoms with van der Waals surface area (Å²) in [5.74, 6) is -3.12. The summed E-state index contributed by atoms with van der Waals surface area (Å²) in [6, 6.07) is 6.23. The molecule has 0 radical (unpaired) electrons. The van der Waals surface area contributed by atoms with Crippen molar-refractivity contribution in [2.45, 2.75) is 13.3 Å². The van der Waals surface area contributed by atoms with Crippen molar-refractivity contribution in [2.24, 2.45) is 0 Å². The SMILES string of the molecule is CCCNC(=O)c1ccccc1NC(=O)C(=O)O. The van der Waals surface area contributed by atoms with Gasteiger partial charge in [0.05, 0.1) is 11.3 Å². The third kappa shape index (κ3) is 3.58. The molecule has 0 spiro atoms. The molecule has 1 rings (SSSR count). The van der Waals surface area contributed by atoms with Crippen molar-refractivity contribution in [1.82, 2.24) is 5.32 Å². The highest BCUT2D eigenvalue weighted by atomic mass is 16.4. The first-order chi connectivity index (χ1) is 8.56. The van der Waals surface area contributed by atoms with Gasteiger partial charge in [0.25, 0.3) is 5.91 Å². The number of amides is 2. The molecule has 2 amide bonds. The molecule has 0 aliphatic heterocycles. The summed E-state index contributed by atoms with van der Waals surface area (Å²) in [6.45, 7) is 2.43. The Kier molecular flexibility index (Phi) is 4.86. The van der Waals surface area contributed by atoms with Crippen LogP contribution in [0.15, 0.2) is 24.3 Å². The lowest BCUT2D eigenvalue weighted by atomic mass is 10.1. The summed E-state index contributed by atoms with van der Waals surface area (Å²) in [4.78, 5) is 33.3. The van der Waals surface area contributed by atoms with Crippen LogP contribution in [0.3, 0.4) is 0 Å². The van der Waals surface area contributed by atoms with Gasteiger partial charge in [0.1, 0.15) is 0 Å². The average molecular weight is 250 g/mol. The van der Waals surface area contributed by atoms with Crippen molar-refractivity contribution in [3.63, 3.8) is 0 Å². The normalized spacial score (nSPS) is 9.61. The lowest BCUT2D eigenvalue weighted by molar-refractivity contribution is -0.147. The number of carboxylic acid groups (broad SMARTS) is 1. The molecule has 0 unspecified atom stereocenters. The van der Waals surface area contributed by atoms with Gasteiger partial charge in [-0.2, -0.15) is 0 Å². The van der Waals surface area contributed by atoms with E-state index < -0.39 is 11.9 Å². The quantitative estimate of drug-likeness (QED) is 0.690. The van der Waals surface area contributed by atoms with Crippen LogP contribution in [0.1, 0.15) is 23.7 Å². The monoisotopic (exact) mass is 250 g/mol. The lowest BCUT2D eigenvalue weighted by Crippen LogP contribution is -2.27. The molecule has 0 aromatic heterocycles. The Balaban J connectivity index is 2.89. The number of carbonyl (C=O) groups excluding carboxylic acids is 2. The minimum absolute atomic E-state index is 0.179. The van der Waals surface area contributed by atoms with Crippen LogP contribution in [0.4, 0.5) is 5.69 Å². The molecule has 0 heterocycles. The summed E-state index contributed by atoms with van der Waals surface area (Å²) in [7, 11) is 0. The van der Waals surface area contributed by atoms with Gasteiger partial charge >= 0.3 is 11.9 Å². The second kappa shape index (κ2) is 6.39. The van der Waals surface area contributed by atoms with E-state index in [2.05, 4.69) is 10.6 Å². The van der Waals surface area contributed by atoms with Crippen molar-refractivity contribution in [3.05, 3.63) is 29.8 Å². The number of benzene rings is 1. The fourth-order valence-corrected chi connectivity index (χ4v) is 1.30. The van der Waals surface area contributed by atoms with Gasteiger partial charge in [-0.1, -0.05) is 19.1 Å². The zero-order chi connectivity index (χ0) is 13.5. The zero-order valence-corrected chi connectivity index (χ0v) is 9.90. The van der Waals surface area contributed by atoms with Gasteiger partial charge in [0, 0.05) is 6.54 Å². The van der Waals surface area contributed by atoms with Crippen LogP contribution in [-0.4, -0.2) is 29.4 Å². The Morgan fingerprint density at radius 1 is 1.22 bits per heavy atom. The molecule has 0 bridgehead atoms. The number of carboxylic acids is 1. The highest BCUT2D eigenvalue weighted by molar-refractivity contribution is 6.36. The smallest absolute Gasteiger partial charge is 0.394 e. The predicted molar refractivity (Wildman–Crippen MR) is 65.3 cm³/mol. The standard InChI is InChI=1S/C12H14N2O4/c1-2-7-13-10(15)8-5-3-4-6-9(8)14-11(16)12(17)18/h3-6H,2,7H2,1H3,(H,13,15)(H,14,16)(H,17,18). The maximum absolute atomic E-state index is 11.8. The Morgan fingerprint density at radius 2 is 1.89 bits per heavy atom. The largest absolute Gasteiger partial charge is 0.474 e. The maximum Gasteiger partial charge on any atom is 0.394 e. The average Bonchev–Trinajstić information content (AvgIpc) is 2.36. The molecule has 0 atom stereocenters. The van der Waals surface area contributed by atoms with E-state index in [-0.39, 0.29) is 17.2 Å². The zero-order valence-electron chi connectivity index (χ0n) is 9.90. The van der Waals surface area contributed by atoms with Crippen molar-refractivity contribution >= 4 is 23.5 Å². The second-order valence-corrected chi connectivity index (χ2v) is 3.56. The minimum atomic E-state index is -1.60. The van der Waals surface area contributed by atoms with Gasteiger partial charge in [-0.05, 0) is 18.6 Å². The molecular weight excluding hydrogens is 236 g/mol. The first kappa shape index (κ1) is 13.7. The lowest BCUT2D eigenvalue weighted by Gasteiger charge is -2.09. The van der Waals surface area contributed by atoms with Gasteiger partial charge in [-0.15, -0.1) is 0 Å². The molecule has 3 N–H and O–H groups in total. The minimum Gasteiger partial charge on any atom is -0.474 e. The topological polar surface area (TPSA) is 95.5 Å². The van der Waals surface area contributed by atoms with E-state index in [0.29, 0.717) is 6.54 Å². The van der Waals surface area contributed by atoms with Gasteiger partial charge in [-0.3, -0.25) is 9.59 Å². The van der Waals surface area contributed by atoms with E-state index in [0.717, 1.165) is 6.42 Å². The molecule has 6 nitrogen and oxygen atoms in total. The van der Waals surface area contributed by atoms with Crippen LogP contribution in [0, 0.1) is 0 Å². The van der Waals surface area contributed by atoms with Gasteiger partial charge in [0.15, 0.2) is 0 Å². The predicted octanol–water partition coefficient (Wildman–Crippen LogP) is 0.849. The van der Waals surface area contributed by atoms with Crippen LogP contribution < -0.4 is 10.6 Å². The molecule has 0 aliphatic rings. The van der Waals surface area contributed by atoms with Gasteiger partial charge < -0.3 is 15.7 Å². The first-order valence-corrected chi connectivity index (χ1v) is 5.47. The van der Waals surface area contributed by atoms with Crippen LogP contribution in [-0.2, 0) is 9.59 Å². The number of carbonyl (C=O) groups is 3. The summed E-state index contributed by atoms with van der Waals surface area (Å²) in [5.41, 5.74) is 0.416. The fourth-order valence-electron chi connectivity index (χ4n) is 1.30. The summed E-state index contributed by atoms with van der Waals surface area (Å²) < 4.78 is 0. The van der Waals surface area contributed by atoms with Gasteiger partial charge in [-0.25, -0.2) is 4.79 Å². The third-order valence-electron chi connectivity index (χ3n) is 2.15. The number of aliphatic carboxylic acids is 1. The number of para-hydroxylation sites is 1. The highest BCUT2D eigenvalue weighted by Gasteiger charge is 2.16. The molecule has 0 saturated heterocycles. The molecule has 18 heavy (non-hydrogen) atoms. The molecule has 96 valence electrons. The maximum atomic E-state index is 11.8. The van der Waals surface area contributed by atoms with Crippen LogP contribution in [0.5, 0.6) is 0 Å². The van der Waals surface area contributed by atoms with E-state index >= 15 is 0 Å². The Hall–Kier alpha value is -2.37. The first-order valence-electron chi connectivity index (χ1n) is 5.47. The third-order valence-corrected chi connectivity index (χ3v) is 2.15. The summed E-state index contributed by atoms with van der Waals surface area (Å²) in [6.07, 6.45) is 0.787. The van der Waals surface area contributed by atoms with Gasteiger partial charge in [0.2, 0.25) is 0 Å². The molecule has 0 saturated carbocycles. The fraction of sp³-hybridized carbons (Fsp3) is 0.250. The van der Waals surface area contributed by atoms with Crippen LogP contribution in [0.2, 0.25) is 0 Å². The summed E-state index contributed by atoms with van der Waals surface area (Å²) in [5, 5.41) is 13.3. The van der Waals surface area contributed by atoms with Crippen LogP contribution in [0.25, 0.3) is 0 Å². The number of hydrogen-bond donors (Lipinski definition) is 3. The van der Waals surface area contributed by atoms with E-state index in [9.17, 15) is 14.4 Å². The molecule has 1 aromatic carbocycles. The Morgan fingerprint density at radius 3 is 2.50 bits per heavy atom. The Bertz CT molecular complexity index is 471. The summed E-state index contributed by atoms with van der Waals surface area (Å²) >= 11 is 0. The molecule has 1 aromatic rings. The van der Waals surface area contributed by atoms with Crippen LogP contribution >= 0.6 is 0 Å². The number of nitrogens with one attached hydrogen (secondary N) is 2. The molecular formula is C12H14N2O4. The van der Waals surface area contributed by atoms with E-state index in [1.165, 1.54) is 12.1 Å². The molecule has 6 heteroatoms. The highest BCUT2D eigenvalue weighted by Crippen LogP contribution is 2.14. The van der Waals surface area contributed by atoms with E-state index in [1.54, 1.807) is 12.1 Å². The van der Waals surface area contributed by atoms with Crippen molar-refractivity contribution in [1.29, 1.82) is 0 Å². The van der Waals surface area contributed by atoms with Crippen molar-refractivity contribution in [3.8, 4) is 0 Å². The molecule has 0 fully saturated rings. The van der Waals surface area contributed by atoms with E-state index in [4.69, 9.17) is 5.11 Å². The number of rotatable bonds is 4. The van der Waals surface area contributed by atoms with Crippen molar-refractivity contribution < 1.29 is 19.5 Å². The second-order valence-electron chi connectivity index (χ2n) is 3.56. The van der Waals surface area contributed by atoms with E-state index in [1.807, 2.05) is 6.92 Å². The molecule has 0 aliphatic carbocycles.